The lowest BCUT2D eigenvalue weighted by Gasteiger charge is -2.10. The van der Waals surface area contributed by atoms with Gasteiger partial charge in [0.1, 0.15) is 0 Å². The van der Waals surface area contributed by atoms with E-state index in [2.05, 4.69) is 4.98 Å². The van der Waals surface area contributed by atoms with E-state index in [9.17, 15) is 9.59 Å². The van der Waals surface area contributed by atoms with Crippen molar-refractivity contribution in [3.63, 3.8) is 0 Å². The van der Waals surface area contributed by atoms with Crippen LogP contribution in [0.4, 0.5) is 0 Å². The third kappa shape index (κ3) is 3.64. The Hall–Kier alpha value is -3.31. The Morgan fingerprint density at radius 1 is 0.926 bits per heavy atom. The summed E-state index contributed by atoms with van der Waals surface area (Å²) in [6, 6.07) is 22.3. The highest BCUT2D eigenvalue weighted by Gasteiger charge is 2.17. The van der Waals surface area contributed by atoms with Gasteiger partial charge in [0.2, 0.25) is 5.78 Å². The molecule has 0 aliphatic carbocycles. The molecular weight excluding hydrogens is 358 g/mol. The maximum atomic E-state index is 12.7. The quantitative estimate of drug-likeness (QED) is 0.365. The number of para-hydroxylation sites is 1. The first-order chi connectivity index (χ1) is 13.2. The molecule has 4 rings (SSSR count). The van der Waals surface area contributed by atoms with Crippen molar-refractivity contribution in [2.75, 3.05) is 6.61 Å². The number of hydrogen-bond donors (Lipinski definition) is 0. The zero-order valence-electron chi connectivity index (χ0n) is 14.3. The van der Waals surface area contributed by atoms with Gasteiger partial charge in [-0.3, -0.25) is 4.79 Å². The minimum absolute atomic E-state index is 0.208. The summed E-state index contributed by atoms with van der Waals surface area (Å²) in [6.45, 7) is -0.281. The number of ketones is 1. The number of fused-ring (bicyclic) bond motifs is 1. The van der Waals surface area contributed by atoms with Crippen molar-refractivity contribution in [1.29, 1.82) is 0 Å². The lowest BCUT2D eigenvalue weighted by Crippen LogP contribution is -2.14. The summed E-state index contributed by atoms with van der Waals surface area (Å²) in [6.07, 6.45) is 0. The molecule has 0 spiro atoms. The summed E-state index contributed by atoms with van der Waals surface area (Å²) in [5.74, 6) is -0.740. The van der Waals surface area contributed by atoms with E-state index in [4.69, 9.17) is 4.74 Å². The topological polar surface area (TPSA) is 56.3 Å². The van der Waals surface area contributed by atoms with Crippen molar-refractivity contribution in [3.05, 3.63) is 88.6 Å². The Kier molecular flexibility index (Phi) is 4.77. The van der Waals surface area contributed by atoms with Gasteiger partial charge in [0.05, 0.1) is 21.7 Å². The minimum Gasteiger partial charge on any atom is -0.454 e. The van der Waals surface area contributed by atoms with E-state index >= 15 is 0 Å². The summed E-state index contributed by atoms with van der Waals surface area (Å²) in [5.41, 5.74) is 2.70. The van der Waals surface area contributed by atoms with Gasteiger partial charge in [0.25, 0.3) is 0 Å². The second-order valence-electron chi connectivity index (χ2n) is 5.91. The van der Waals surface area contributed by atoms with Crippen molar-refractivity contribution >= 4 is 34.0 Å². The van der Waals surface area contributed by atoms with Gasteiger partial charge in [0, 0.05) is 10.9 Å². The van der Waals surface area contributed by atoms with Gasteiger partial charge in [-0.25, -0.2) is 9.78 Å². The van der Waals surface area contributed by atoms with E-state index in [1.54, 1.807) is 18.2 Å². The molecule has 4 nitrogen and oxygen atoms in total. The highest BCUT2D eigenvalue weighted by Crippen LogP contribution is 2.25. The van der Waals surface area contributed by atoms with E-state index in [1.807, 2.05) is 60.0 Å². The first kappa shape index (κ1) is 17.1. The third-order valence-electron chi connectivity index (χ3n) is 4.14. The van der Waals surface area contributed by atoms with Crippen LogP contribution in [0, 0.1) is 0 Å². The van der Waals surface area contributed by atoms with Gasteiger partial charge in [0.15, 0.2) is 6.61 Å². The van der Waals surface area contributed by atoms with Crippen LogP contribution in [0.15, 0.2) is 78.2 Å². The summed E-state index contributed by atoms with van der Waals surface area (Å²) >= 11 is 1.33. The minimum atomic E-state index is -0.532. The molecular formula is C22H15NO3S. The second-order valence-corrected chi connectivity index (χ2v) is 6.86. The maximum absolute atomic E-state index is 12.7. The van der Waals surface area contributed by atoms with Crippen molar-refractivity contribution in [2.24, 2.45) is 0 Å². The number of rotatable bonds is 5. The molecule has 2 aromatic carbocycles. The average molecular weight is 373 g/mol. The predicted molar refractivity (Wildman–Crippen MR) is 106 cm³/mol. The number of ether oxygens (including phenoxy) is 1. The standard InChI is InChI=1S/C22H15NO3S/c24-20(21-11-6-12-27-21)14-26-22(25)17-13-19(15-7-2-1-3-8-15)23-18-10-5-4-9-16(17)18/h1-13H,14H2. The molecule has 0 N–H and O–H groups in total. The molecule has 27 heavy (non-hydrogen) atoms. The Balaban J connectivity index is 1.67. The predicted octanol–water partition coefficient (Wildman–Crippen LogP) is 5.00. The van der Waals surface area contributed by atoms with Crippen LogP contribution in [0.2, 0.25) is 0 Å². The monoisotopic (exact) mass is 373 g/mol. The molecule has 0 radical (unpaired) electrons. The molecule has 0 aliphatic rings. The highest BCUT2D eigenvalue weighted by atomic mass is 32.1. The Morgan fingerprint density at radius 2 is 1.70 bits per heavy atom. The lowest BCUT2D eigenvalue weighted by atomic mass is 10.0. The molecule has 5 heteroatoms. The number of nitrogens with zero attached hydrogens (tertiary/aromatic N) is 1. The van der Waals surface area contributed by atoms with Crippen LogP contribution in [0.1, 0.15) is 20.0 Å². The fourth-order valence-electron chi connectivity index (χ4n) is 2.82. The Morgan fingerprint density at radius 3 is 2.48 bits per heavy atom. The fourth-order valence-corrected chi connectivity index (χ4v) is 3.47. The Labute approximate surface area is 160 Å². The van der Waals surface area contributed by atoms with Crippen LogP contribution < -0.4 is 0 Å². The number of Topliss-reactive ketones (excluding diaryl/α,β-unsaturated/α-hetero) is 1. The Bertz CT molecular complexity index is 1110. The molecule has 0 atom stereocenters. The number of pyridine rings is 1. The number of hydrogen-bond acceptors (Lipinski definition) is 5. The largest absolute Gasteiger partial charge is 0.454 e. The molecule has 0 saturated heterocycles. The first-order valence-corrected chi connectivity index (χ1v) is 9.29. The van der Waals surface area contributed by atoms with Crippen molar-refractivity contribution < 1.29 is 14.3 Å². The van der Waals surface area contributed by atoms with E-state index in [0.717, 1.165) is 5.56 Å². The number of thiophene rings is 1. The molecule has 2 heterocycles. The van der Waals surface area contributed by atoms with Crippen molar-refractivity contribution in [1.82, 2.24) is 4.98 Å². The number of carbonyl (C=O) groups is 2. The van der Waals surface area contributed by atoms with E-state index in [0.29, 0.717) is 27.0 Å². The molecule has 0 bridgehead atoms. The fraction of sp³-hybridized carbons (Fsp3) is 0.0455. The average Bonchev–Trinajstić information content (AvgIpc) is 3.26. The molecule has 0 saturated carbocycles. The third-order valence-corrected chi connectivity index (χ3v) is 5.05. The van der Waals surface area contributed by atoms with Crippen molar-refractivity contribution in [3.8, 4) is 11.3 Å². The summed E-state index contributed by atoms with van der Waals surface area (Å²) in [4.78, 5) is 30.1. The SMILES string of the molecule is O=C(COC(=O)c1cc(-c2ccccc2)nc2ccccc12)c1cccs1. The molecule has 0 amide bonds. The van der Waals surface area contributed by atoms with Gasteiger partial charge in [-0.2, -0.15) is 0 Å². The summed E-state index contributed by atoms with van der Waals surface area (Å²) < 4.78 is 5.30. The number of benzene rings is 2. The smallest absolute Gasteiger partial charge is 0.339 e. The highest BCUT2D eigenvalue weighted by molar-refractivity contribution is 7.12. The molecule has 0 fully saturated rings. The zero-order valence-corrected chi connectivity index (χ0v) is 15.1. The van der Waals surface area contributed by atoms with Crippen LogP contribution in [-0.4, -0.2) is 23.3 Å². The van der Waals surface area contributed by atoms with E-state index < -0.39 is 5.97 Å². The van der Waals surface area contributed by atoms with Gasteiger partial charge in [-0.15, -0.1) is 11.3 Å². The lowest BCUT2D eigenvalue weighted by molar-refractivity contribution is 0.0478. The first-order valence-electron chi connectivity index (χ1n) is 8.41. The number of esters is 1. The summed E-state index contributed by atoms with van der Waals surface area (Å²) in [5, 5.41) is 2.52. The molecule has 0 aliphatic heterocycles. The van der Waals surface area contributed by atoms with Gasteiger partial charge < -0.3 is 4.74 Å². The van der Waals surface area contributed by atoms with E-state index in [-0.39, 0.29) is 12.4 Å². The van der Waals surface area contributed by atoms with Crippen LogP contribution in [0.25, 0.3) is 22.2 Å². The van der Waals surface area contributed by atoms with Crippen LogP contribution in [0.5, 0.6) is 0 Å². The maximum Gasteiger partial charge on any atom is 0.339 e. The zero-order chi connectivity index (χ0) is 18.6. The van der Waals surface area contributed by atoms with Crippen molar-refractivity contribution in [2.45, 2.75) is 0 Å². The van der Waals surface area contributed by atoms with Crippen LogP contribution in [-0.2, 0) is 4.74 Å². The van der Waals surface area contributed by atoms with Gasteiger partial charge in [-0.1, -0.05) is 54.6 Å². The van der Waals surface area contributed by atoms with Crippen LogP contribution >= 0.6 is 11.3 Å². The normalized spacial score (nSPS) is 10.7. The van der Waals surface area contributed by atoms with E-state index in [1.165, 1.54) is 11.3 Å². The molecule has 2 aromatic heterocycles. The number of aromatic nitrogens is 1. The molecule has 0 unspecified atom stereocenters. The van der Waals surface area contributed by atoms with Crippen LogP contribution in [0.3, 0.4) is 0 Å². The second kappa shape index (κ2) is 7.51. The molecule has 132 valence electrons. The summed E-state index contributed by atoms with van der Waals surface area (Å²) in [7, 11) is 0. The molecule has 4 aromatic rings. The van der Waals surface area contributed by atoms with Gasteiger partial charge in [-0.05, 0) is 23.6 Å². The number of carbonyl (C=O) groups excluding carboxylic acids is 2. The van der Waals surface area contributed by atoms with Gasteiger partial charge >= 0.3 is 5.97 Å².